The van der Waals surface area contributed by atoms with Crippen LogP contribution < -0.4 is 0 Å². The highest BCUT2D eigenvalue weighted by molar-refractivity contribution is 7.09. The molecule has 26 heavy (non-hydrogen) atoms. The van der Waals surface area contributed by atoms with Crippen molar-refractivity contribution in [1.29, 1.82) is 0 Å². The van der Waals surface area contributed by atoms with Crippen molar-refractivity contribution < 1.29 is 19.5 Å². The van der Waals surface area contributed by atoms with Crippen LogP contribution in [-0.4, -0.2) is 59.4 Å². The number of carboxylic acids is 1. The molecule has 1 fully saturated rings. The summed E-state index contributed by atoms with van der Waals surface area (Å²) in [5, 5.41) is 11.2. The van der Waals surface area contributed by atoms with Gasteiger partial charge in [0.2, 0.25) is 11.8 Å². The molecule has 1 atom stereocenters. The summed E-state index contributed by atoms with van der Waals surface area (Å²) in [4.78, 5) is 40.0. The number of carbonyl (C=O) groups is 3. The maximum absolute atomic E-state index is 12.3. The van der Waals surface area contributed by atoms with Crippen molar-refractivity contribution in [1.82, 2.24) is 9.80 Å². The first-order valence-electron chi connectivity index (χ1n) is 9.24. The number of likely N-dealkylation sites (tertiary alicyclic amines) is 1. The Bertz CT molecular complexity index is 603. The van der Waals surface area contributed by atoms with Crippen LogP contribution in [-0.2, 0) is 20.8 Å². The summed E-state index contributed by atoms with van der Waals surface area (Å²) in [6, 6.07) is 4.18. The number of amides is 2. The number of aryl methyl sites for hydroxylation is 1. The molecule has 144 valence electrons. The summed E-state index contributed by atoms with van der Waals surface area (Å²) in [6.07, 6.45) is 5.71. The van der Waals surface area contributed by atoms with Crippen molar-refractivity contribution in [2.45, 2.75) is 44.9 Å². The number of aliphatic carboxylic acids is 1. The number of carbonyl (C=O) groups excluding carboxylic acids is 2. The minimum atomic E-state index is -0.852. The number of likely N-dealkylation sites (N-methyl/N-ethyl adjacent to an activating group) is 1. The van der Waals surface area contributed by atoms with Crippen molar-refractivity contribution >= 4 is 29.1 Å². The normalized spacial score (nSPS) is 17.1. The third-order valence-electron chi connectivity index (χ3n) is 4.82. The van der Waals surface area contributed by atoms with Crippen LogP contribution in [0.1, 0.15) is 43.4 Å². The van der Waals surface area contributed by atoms with E-state index in [1.807, 2.05) is 0 Å². The zero-order valence-corrected chi connectivity index (χ0v) is 16.2. The van der Waals surface area contributed by atoms with E-state index in [1.54, 1.807) is 23.3 Å². The first-order chi connectivity index (χ1) is 12.5. The van der Waals surface area contributed by atoms with Gasteiger partial charge in [-0.25, -0.2) is 0 Å². The molecule has 0 bridgehead atoms. The number of hydrogen-bond acceptors (Lipinski definition) is 4. The first-order valence-corrected chi connectivity index (χ1v) is 10.1. The van der Waals surface area contributed by atoms with E-state index in [0.29, 0.717) is 25.8 Å². The quantitative estimate of drug-likeness (QED) is 0.668. The minimum Gasteiger partial charge on any atom is -0.481 e. The average Bonchev–Trinajstić information content (AvgIpc) is 3.14. The van der Waals surface area contributed by atoms with Gasteiger partial charge in [-0.1, -0.05) is 12.5 Å². The summed E-state index contributed by atoms with van der Waals surface area (Å²) in [5.41, 5.74) is 0. The van der Waals surface area contributed by atoms with Gasteiger partial charge in [0.05, 0.1) is 12.5 Å². The summed E-state index contributed by atoms with van der Waals surface area (Å²) in [6.45, 7) is 0.854. The fourth-order valence-corrected chi connectivity index (χ4v) is 3.95. The van der Waals surface area contributed by atoms with Crippen LogP contribution in [0.4, 0.5) is 0 Å². The smallest absolute Gasteiger partial charge is 0.308 e. The molecule has 1 N–H and O–H groups in total. The molecule has 1 unspecified atom stereocenters. The topological polar surface area (TPSA) is 77.9 Å². The Morgan fingerprint density at radius 2 is 2.12 bits per heavy atom. The van der Waals surface area contributed by atoms with Crippen LogP contribution in [0.15, 0.2) is 17.5 Å². The lowest BCUT2D eigenvalue weighted by Gasteiger charge is -2.32. The summed E-state index contributed by atoms with van der Waals surface area (Å²) >= 11 is 1.76. The second-order valence-electron chi connectivity index (χ2n) is 6.91. The van der Waals surface area contributed by atoms with Gasteiger partial charge in [0.25, 0.3) is 0 Å². The summed E-state index contributed by atoms with van der Waals surface area (Å²) in [7, 11) is 1.64. The maximum atomic E-state index is 12.3. The molecule has 1 aromatic heterocycles. The average molecular weight is 381 g/mol. The Labute approximate surface area is 158 Å². The minimum absolute atomic E-state index is 0.0266. The van der Waals surface area contributed by atoms with Gasteiger partial charge in [-0.05, 0) is 43.6 Å². The van der Waals surface area contributed by atoms with Crippen LogP contribution in [0.2, 0.25) is 0 Å². The van der Waals surface area contributed by atoms with E-state index in [4.69, 9.17) is 5.11 Å². The molecule has 1 aromatic rings. The highest BCUT2D eigenvalue weighted by Gasteiger charge is 2.28. The molecule has 1 aliphatic heterocycles. The van der Waals surface area contributed by atoms with Gasteiger partial charge in [-0.3, -0.25) is 14.4 Å². The number of nitrogens with zero attached hydrogens (tertiary/aromatic N) is 2. The molecule has 0 aromatic carbocycles. The van der Waals surface area contributed by atoms with E-state index in [1.165, 1.54) is 9.78 Å². The van der Waals surface area contributed by atoms with Crippen molar-refractivity contribution in [3.8, 4) is 0 Å². The van der Waals surface area contributed by atoms with Crippen LogP contribution in [0.5, 0.6) is 0 Å². The number of hydrogen-bond donors (Lipinski definition) is 1. The van der Waals surface area contributed by atoms with Gasteiger partial charge in [0.1, 0.15) is 0 Å². The lowest BCUT2D eigenvalue weighted by molar-refractivity contribution is -0.147. The standard InChI is InChI=1S/C19H28N2O4S/c1-20(14-18(23)21-11-5-7-15(13-21)19(24)25)17(22)10-4-2-3-8-16-9-6-12-26-16/h6,9,12,15H,2-5,7-8,10-11,13-14H2,1H3,(H,24,25). The van der Waals surface area contributed by atoms with E-state index in [2.05, 4.69) is 17.5 Å². The van der Waals surface area contributed by atoms with Crippen LogP contribution >= 0.6 is 11.3 Å². The Morgan fingerprint density at radius 3 is 2.81 bits per heavy atom. The van der Waals surface area contributed by atoms with Crippen molar-refractivity contribution in [3.63, 3.8) is 0 Å². The van der Waals surface area contributed by atoms with Crippen LogP contribution in [0.25, 0.3) is 0 Å². The molecule has 6 nitrogen and oxygen atoms in total. The second kappa shape index (κ2) is 10.3. The summed E-state index contributed by atoms with van der Waals surface area (Å²) < 4.78 is 0. The lowest BCUT2D eigenvalue weighted by atomic mass is 9.98. The molecule has 0 radical (unpaired) electrons. The Kier molecular flexibility index (Phi) is 8.09. The number of rotatable bonds is 9. The zero-order chi connectivity index (χ0) is 18.9. The monoisotopic (exact) mass is 380 g/mol. The number of thiophene rings is 1. The maximum Gasteiger partial charge on any atom is 0.308 e. The van der Waals surface area contributed by atoms with Crippen molar-refractivity contribution in [3.05, 3.63) is 22.4 Å². The van der Waals surface area contributed by atoms with E-state index in [0.717, 1.165) is 25.7 Å². The highest BCUT2D eigenvalue weighted by atomic mass is 32.1. The van der Waals surface area contributed by atoms with E-state index >= 15 is 0 Å². The fraction of sp³-hybridized carbons (Fsp3) is 0.632. The van der Waals surface area contributed by atoms with Crippen LogP contribution in [0, 0.1) is 5.92 Å². The Hall–Kier alpha value is -1.89. The number of carboxylic acid groups (broad SMARTS) is 1. The fourth-order valence-electron chi connectivity index (χ4n) is 3.19. The van der Waals surface area contributed by atoms with Crippen molar-refractivity contribution in [2.75, 3.05) is 26.7 Å². The molecule has 7 heteroatoms. The summed E-state index contributed by atoms with van der Waals surface area (Å²) in [5.74, 6) is -1.53. The molecule has 0 saturated carbocycles. The van der Waals surface area contributed by atoms with Gasteiger partial charge in [-0.15, -0.1) is 11.3 Å². The highest BCUT2D eigenvalue weighted by Crippen LogP contribution is 2.17. The van der Waals surface area contributed by atoms with E-state index < -0.39 is 11.9 Å². The number of piperidine rings is 1. The third-order valence-corrected chi connectivity index (χ3v) is 5.75. The van der Waals surface area contributed by atoms with Gasteiger partial charge >= 0.3 is 5.97 Å². The van der Waals surface area contributed by atoms with Gasteiger partial charge in [-0.2, -0.15) is 0 Å². The zero-order valence-electron chi connectivity index (χ0n) is 15.4. The van der Waals surface area contributed by atoms with Gasteiger partial charge in [0.15, 0.2) is 0 Å². The second-order valence-corrected chi connectivity index (χ2v) is 7.94. The predicted molar refractivity (Wildman–Crippen MR) is 101 cm³/mol. The largest absolute Gasteiger partial charge is 0.481 e. The molecular weight excluding hydrogens is 352 g/mol. The first kappa shape index (κ1) is 20.4. The molecule has 0 spiro atoms. The Morgan fingerprint density at radius 1 is 1.31 bits per heavy atom. The van der Waals surface area contributed by atoms with Gasteiger partial charge < -0.3 is 14.9 Å². The lowest BCUT2D eigenvalue weighted by Crippen LogP contribution is -2.46. The molecule has 2 heterocycles. The SMILES string of the molecule is CN(CC(=O)N1CCCC(C(=O)O)C1)C(=O)CCCCCc1cccs1. The van der Waals surface area contributed by atoms with Crippen molar-refractivity contribution in [2.24, 2.45) is 5.92 Å². The molecule has 2 amide bonds. The third kappa shape index (κ3) is 6.44. The molecule has 1 saturated heterocycles. The number of unbranched alkanes of at least 4 members (excludes halogenated alkanes) is 2. The molecule has 2 rings (SSSR count). The van der Waals surface area contributed by atoms with E-state index in [-0.39, 0.29) is 24.9 Å². The van der Waals surface area contributed by atoms with Gasteiger partial charge in [0, 0.05) is 31.4 Å². The van der Waals surface area contributed by atoms with Crippen LogP contribution in [0.3, 0.4) is 0 Å². The Balaban J connectivity index is 1.64. The van der Waals surface area contributed by atoms with E-state index in [9.17, 15) is 14.4 Å². The molecule has 1 aliphatic rings. The molecule has 0 aliphatic carbocycles. The predicted octanol–water partition coefficient (Wildman–Crippen LogP) is 2.63. The molecular formula is C19H28N2O4S.